The number of nitrogens with zero attached hydrogens (tertiary/aromatic N) is 3. The predicted molar refractivity (Wildman–Crippen MR) is 115 cm³/mol. The van der Waals surface area contributed by atoms with E-state index in [-0.39, 0.29) is 17.7 Å². The highest BCUT2D eigenvalue weighted by Crippen LogP contribution is 2.34. The lowest BCUT2D eigenvalue weighted by atomic mass is 10.1. The van der Waals surface area contributed by atoms with Crippen LogP contribution in [0.25, 0.3) is 0 Å². The van der Waals surface area contributed by atoms with Crippen LogP contribution in [0, 0.1) is 13.8 Å². The van der Waals surface area contributed by atoms with Crippen LogP contribution in [0.3, 0.4) is 0 Å². The fourth-order valence-electron chi connectivity index (χ4n) is 3.27. The average Bonchev–Trinajstić information content (AvgIpc) is 3.30. The van der Waals surface area contributed by atoms with Crippen molar-refractivity contribution in [2.24, 2.45) is 0 Å². The van der Waals surface area contributed by atoms with Gasteiger partial charge < -0.3 is 4.90 Å². The molecule has 3 aromatic rings. The van der Waals surface area contributed by atoms with E-state index in [0.29, 0.717) is 28.7 Å². The van der Waals surface area contributed by atoms with Gasteiger partial charge in [0.15, 0.2) is 0 Å². The molecular formula is C21H19ClN4O2S. The predicted octanol–water partition coefficient (Wildman–Crippen LogP) is 4.58. The van der Waals surface area contributed by atoms with Crippen LogP contribution in [-0.2, 0) is 4.79 Å². The first kappa shape index (κ1) is 19.5. The summed E-state index contributed by atoms with van der Waals surface area (Å²) in [5.74, 6) is -0.272. The molecule has 2 heterocycles. The van der Waals surface area contributed by atoms with Gasteiger partial charge in [0, 0.05) is 35.2 Å². The Labute approximate surface area is 177 Å². The van der Waals surface area contributed by atoms with Crippen LogP contribution in [-0.4, -0.2) is 28.6 Å². The average molecular weight is 427 g/mol. The third-order valence-electron chi connectivity index (χ3n) is 5.02. The van der Waals surface area contributed by atoms with Crippen LogP contribution < -0.4 is 10.2 Å². The second kappa shape index (κ2) is 7.93. The van der Waals surface area contributed by atoms with Gasteiger partial charge >= 0.3 is 0 Å². The van der Waals surface area contributed by atoms with Crippen molar-refractivity contribution in [1.82, 2.24) is 10.2 Å². The summed E-state index contributed by atoms with van der Waals surface area (Å²) in [6.07, 6.45) is 0.379. The molecule has 0 bridgehead atoms. The highest BCUT2D eigenvalue weighted by molar-refractivity contribution is 7.15. The molecular weight excluding hydrogens is 408 g/mol. The molecule has 8 heteroatoms. The Balaban J connectivity index is 1.46. The number of aromatic nitrogens is 2. The largest absolute Gasteiger partial charge is 0.312 e. The van der Waals surface area contributed by atoms with Crippen LogP contribution >= 0.6 is 22.9 Å². The monoisotopic (exact) mass is 426 g/mol. The highest BCUT2D eigenvalue weighted by Gasteiger charge is 2.34. The minimum absolute atomic E-state index is 0.0431. The zero-order valence-corrected chi connectivity index (χ0v) is 17.5. The van der Waals surface area contributed by atoms with Crippen molar-refractivity contribution < 1.29 is 9.59 Å². The van der Waals surface area contributed by atoms with E-state index in [2.05, 4.69) is 15.5 Å². The number of amides is 2. The number of anilines is 2. The van der Waals surface area contributed by atoms with Crippen molar-refractivity contribution in [3.63, 3.8) is 0 Å². The second-order valence-electron chi connectivity index (χ2n) is 7.08. The standard InChI is InChI=1S/C21H19ClN4O2S/c1-12-6-7-17(8-13(12)2)26-11-15(10-18(26)27)20-24-25-21(29-20)23-19(28)14-4-3-5-16(22)9-14/h3-9,15H,10-11H2,1-2H3,(H,23,25,28)/t15-/m0/s1. The Morgan fingerprint density at radius 3 is 2.76 bits per heavy atom. The molecule has 4 rings (SSSR count). The maximum Gasteiger partial charge on any atom is 0.257 e. The van der Waals surface area contributed by atoms with Gasteiger partial charge in [0.2, 0.25) is 11.0 Å². The van der Waals surface area contributed by atoms with E-state index in [1.807, 2.05) is 32.0 Å². The van der Waals surface area contributed by atoms with Gasteiger partial charge in [-0.2, -0.15) is 0 Å². The van der Waals surface area contributed by atoms with E-state index in [9.17, 15) is 9.59 Å². The Morgan fingerprint density at radius 1 is 1.17 bits per heavy atom. The molecule has 29 heavy (non-hydrogen) atoms. The van der Waals surface area contributed by atoms with Crippen molar-refractivity contribution in [3.05, 3.63) is 69.2 Å². The smallest absolute Gasteiger partial charge is 0.257 e. The molecule has 0 unspecified atom stereocenters. The minimum Gasteiger partial charge on any atom is -0.312 e. The first-order chi connectivity index (χ1) is 13.9. The molecule has 0 saturated carbocycles. The van der Waals surface area contributed by atoms with Gasteiger partial charge in [-0.25, -0.2) is 0 Å². The number of hydrogen-bond acceptors (Lipinski definition) is 5. The minimum atomic E-state index is -0.297. The molecule has 0 radical (unpaired) electrons. The van der Waals surface area contributed by atoms with Crippen molar-refractivity contribution >= 4 is 45.6 Å². The Bertz CT molecular complexity index is 1100. The quantitative estimate of drug-likeness (QED) is 0.662. The van der Waals surface area contributed by atoms with Crippen LogP contribution in [0.4, 0.5) is 10.8 Å². The van der Waals surface area contributed by atoms with Gasteiger partial charge in [-0.3, -0.25) is 14.9 Å². The highest BCUT2D eigenvalue weighted by atomic mass is 35.5. The summed E-state index contributed by atoms with van der Waals surface area (Å²) in [4.78, 5) is 26.7. The summed E-state index contributed by atoms with van der Waals surface area (Å²) in [6.45, 7) is 4.64. The fourth-order valence-corrected chi connectivity index (χ4v) is 4.29. The van der Waals surface area contributed by atoms with Crippen LogP contribution in [0.5, 0.6) is 0 Å². The van der Waals surface area contributed by atoms with Crippen LogP contribution in [0.15, 0.2) is 42.5 Å². The maximum atomic E-state index is 12.6. The van der Waals surface area contributed by atoms with E-state index in [1.54, 1.807) is 29.2 Å². The zero-order valence-electron chi connectivity index (χ0n) is 16.0. The van der Waals surface area contributed by atoms with Gasteiger partial charge in [0.05, 0.1) is 0 Å². The van der Waals surface area contributed by atoms with Gasteiger partial charge in [-0.15, -0.1) is 10.2 Å². The number of hydrogen-bond donors (Lipinski definition) is 1. The molecule has 6 nitrogen and oxygen atoms in total. The first-order valence-corrected chi connectivity index (χ1v) is 10.4. The number of nitrogens with one attached hydrogen (secondary N) is 1. The molecule has 1 aliphatic heterocycles. The topological polar surface area (TPSA) is 75.2 Å². The van der Waals surface area contributed by atoms with E-state index >= 15 is 0 Å². The second-order valence-corrected chi connectivity index (χ2v) is 8.53. The first-order valence-electron chi connectivity index (χ1n) is 9.18. The van der Waals surface area contributed by atoms with E-state index < -0.39 is 0 Å². The number of halogens is 1. The lowest BCUT2D eigenvalue weighted by molar-refractivity contribution is -0.117. The molecule has 0 aliphatic carbocycles. The molecule has 0 spiro atoms. The summed E-state index contributed by atoms with van der Waals surface area (Å²) in [5.41, 5.74) is 3.70. The van der Waals surface area contributed by atoms with Gasteiger partial charge in [0.1, 0.15) is 5.01 Å². The van der Waals surface area contributed by atoms with E-state index in [1.165, 1.54) is 16.9 Å². The maximum absolute atomic E-state index is 12.6. The SMILES string of the molecule is Cc1ccc(N2C[C@@H](c3nnc(NC(=O)c4cccc(Cl)c4)s3)CC2=O)cc1C. The summed E-state index contributed by atoms with van der Waals surface area (Å²) in [6, 6.07) is 12.7. The lowest BCUT2D eigenvalue weighted by Gasteiger charge is -2.17. The fraction of sp³-hybridized carbons (Fsp3) is 0.238. The molecule has 1 aromatic heterocycles. The van der Waals surface area contributed by atoms with Crippen molar-refractivity contribution in [1.29, 1.82) is 0 Å². The number of aryl methyl sites for hydroxylation is 2. The number of carbonyl (C=O) groups excluding carboxylic acids is 2. The number of benzene rings is 2. The van der Waals surface area contributed by atoms with Gasteiger partial charge in [-0.05, 0) is 55.3 Å². The molecule has 1 atom stereocenters. The van der Waals surface area contributed by atoms with Crippen molar-refractivity contribution in [2.45, 2.75) is 26.2 Å². The van der Waals surface area contributed by atoms with Crippen LogP contribution in [0.2, 0.25) is 5.02 Å². The molecule has 2 amide bonds. The molecule has 1 fully saturated rings. The Morgan fingerprint density at radius 2 is 2.00 bits per heavy atom. The molecule has 1 aliphatic rings. The summed E-state index contributed by atoms with van der Waals surface area (Å²) >= 11 is 7.23. The van der Waals surface area contributed by atoms with Gasteiger partial charge in [-0.1, -0.05) is 35.1 Å². The molecule has 1 N–H and O–H groups in total. The Hall–Kier alpha value is -2.77. The third kappa shape index (κ3) is 4.16. The molecule has 148 valence electrons. The number of rotatable bonds is 4. The van der Waals surface area contributed by atoms with E-state index in [0.717, 1.165) is 16.3 Å². The molecule has 1 saturated heterocycles. The lowest BCUT2D eigenvalue weighted by Crippen LogP contribution is -2.24. The summed E-state index contributed by atoms with van der Waals surface area (Å²) in [5, 5.41) is 12.7. The summed E-state index contributed by atoms with van der Waals surface area (Å²) < 4.78 is 0. The van der Waals surface area contributed by atoms with Crippen molar-refractivity contribution in [3.8, 4) is 0 Å². The molecule has 2 aromatic carbocycles. The zero-order chi connectivity index (χ0) is 20.5. The van der Waals surface area contributed by atoms with Crippen molar-refractivity contribution in [2.75, 3.05) is 16.8 Å². The Kier molecular flexibility index (Phi) is 5.34. The summed E-state index contributed by atoms with van der Waals surface area (Å²) in [7, 11) is 0. The van der Waals surface area contributed by atoms with Gasteiger partial charge in [0.25, 0.3) is 5.91 Å². The number of carbonyl (C=O) groups is 2. The normalized spacial score (nSPS) is 16.3. The van der Waals surface area contributed by atoms with Crippen LogP contribution in [0.1, 0.15) is 38.8 Å². The van der Waals surface area contributed by atoms with E-state index in [4.69, 9.17) is 11.6 Å². The third-order valence-corrected chi connectivity index (χ3v) is 6.26.